The fraction of sp³-hybridized carbons (Fsp3) is 0.384. The van der Waals surface area contributed by atoms with Gasteiger partial charge in [-0.25, -0.2) is 0 Å². The molecule has 107 heavy (non-hydrogen) atoms. The first-order chi connectivity index (χ1) is 52.1. The van der Waals surface area contributed by atoms with E-state index in [0.717, 1.165) is 193 Å². The highest BCUT2D eigenvalue weighted by Gasteiger charge is 2.48. The molecule has 21 heteroatoms. The number of benzene rings is 6. The Morgan fingerprint density at radius 2 is 0.953 bits per heavy atom. The number of nitrogens with one attached hydrogen (secondary N) is 1. The quantitative estimate of drug-likeness (QED) is 0.0485. The number of para-hydroxylation sites is 1. The topological polar surface area (TPSA) is 262 Å². The number of amides is 4. The molecule has 0 saturated carbocycles. The maximum absolute atomic E-state index is 13.2. The Morgan fingerprint density at radius 3 is 1.37 bits per heavy atom. The van der Waals surface area contributed by atoms with Crippen LogP contribution in [-0.4, -0.2) is 133 Å². The van der Waals surface area contributed by atoms with E-state index in [2.05, 4.69) is 60.4 Å². The summed E-state index contributed by atoms with van der Waals surface area (Å²) < 4.78 is 25.0. The Labute approximate surface area is 638 Å². The number of nitriles is 1. The third-order valence-corrected chi connectivity index (χ3v) is 27.4. The first kappa shape index (κ1) is 73.3. The first-order valence-corrected chi connectivity index (χ1v) is 40.5. The monoisotopic (exact) mass is 1490 g/mol. The third kappa shape index (κ3) is 14.5. The second-order valence-corrected chi connectivity index (χ2v) is 33.4. The molecule has 18 nitrogen and oxygen atoms in total. The van der Waals surface area contributed by atoms with Gasteiger partial charge in [0, 0.05) is 144 Å². The number of aromatic nitrogens is 1. The number of aryl methyl sites for hydroxylation is 3. The van der Waals surface area contributed by atoms with Gasteiger partial charge in [-0.1, -0.05) is 97.1 Å². The molecular formula is C86H94N10O8S3. The van der Waals surface area contributed by atoms with Crippen molar-refractivity contribution in [2.45, 2.75) is 130 Å². The number of thioether (sulfide) groups is 1. The highest BCUT2D eigenvalue weighted by Crippen LogP contribution is 2.51. The van der Waals surface area contributed by atoms with E-state index in [9.17, 15) is 24.4 Å². The lowest BCUT2D eigenvalue weighted by atomic mass is 9.74. The summed E-state index contributed by atoms with van der Waals surface area (Å²) in [6.45, 7) is 12.9. The van der Waals surface area contributed by atoms with Gasteiger partial charge in [-0.2, -0.15) is 5.26 Å². The maximum atomic E-state index is 13.2. The Balaban J connectivity index is 0.000000114. The average molecular weight is 1490 g/mol. The van der Waals surface area contributed by atoms with Gasteiger partial charge in [-0.05, 0) is 171 Å². The molecule has 3 aromatic heterocycles. The second-order valence-electron chi connectivity index (χ2n) is 30.1. The van der Waals surface area contributed by atoms with E-state index in [1.807, 2.05) is 124 Å². The SMILES string of the molecule is CSc1ccc(C(=O)N2CCC3(CC2)COc2ccc(CN)cc23)s1.Cc1cccc2c(C(=O)N3CCC4(CC3)COc3ccc(CN)cc34)c[nH]c12.N#C/C(=C\c1ccccc1)C(=O)N1CCC2(CC1)COc1ccc(CN)cc12.NCc1ccc2c(c1)C1(CCN(C(=O)c3cc4c(s3)CCC4)CC1)CO2. The van der Waals surface area contributed by atoms with Crippen molar-refractivity contribution in [2.24, 2.45) is 22.9 Å². The maximum Gasteiger partial charge on any atom is 0.264 e. The molecule has 4 saturated heterocycles. The number of H-pyrrole nitrogens is 1. The van der Waals surface area contributed by atoms with Crippen molar-refractivity contribution < 1.29 is 38.1 Å². The number of thiophene rings is 2. The summed E-state index contributed by atoms with van der Waals surface area (Å²) in [7, 11) is 0. The van der Waals surface area contributed by atoms with Gasteiger partial charge in [0.1, 0.15) is 34.6 Å². The molecule has 18 rings (SSSR count). The van der Waals surface area contributed by atoms with E-state index in [0.29, 0.717) is 59.1 Å². The van der Waals surface area contributed by atoms with Crippen molar-refractivity contribution in [1.29, 1.82) is 5.26 Å². The molecule has 4 fully saturated rings. The molecule has 9 aromatic rings. The van der Waals surface area contributed by atoms with E-state index < -0.39 is 0 Å². The molecular weight excluding hydrogens is 1400 g/mol. The number of aromatic amines is 1. The Kier molecular flexibility index (Phi) is 21.3. The molecule has 11 heterocycles. The van der Waals surface area contributed by atoms with Crippen LogP contribution in [0.2, 0.25) is 0 Å². The number of likely N-dealkylation sites (tertiary alicyclic amines) is 4. The van der Waals surface area contributed by atoms with E-state index in [-0.39, 0.29) is 50.9 Å². The highest BCUT2D eigenvalue weighted by molar-refractivity contribution is 8.00. The van der Waals surface area contributed by atoms with Crippen LogP contribution in [0.1, 0.15) is 154 Å². The first-order valence-electron chi connectivity index (χ1n) is 37.6. The lowest BCUT2D eigenvalue weighted by Gasteiger charge is -2.38. The highest BCUT2D eigenvalue weighted by atomic mass is 32.2. The molecule has 4 amide bonds. The molecule has 0 unspecified atom stereocenters. The summed E-state index contributed by atoms with van der Waals surface area (Å²) >= 11 is 4.98. The van der Waals surface area contributed by atoms with Crippen LogP contribution in [0.15, 0.2) is 156 Å². The predicted molar refractivity (Wildman–Crippen MR) is 423 cm³/mol. The molecule has 1 aliphatic carbocycles. The Bertz CT molecular complexity index is 4870. The van der Waals surface area contributed by atoms with E-state index in [1.54, 1.807) is 45.4 Å². The number of nitrogens with two attached hydrogens (primary N) is 4. The molecule has 554 valence electrons. The van der Waals surface area contributed by atoms with Crippen molar-refractivity contribution in [2.75, 3.05) is 85.0 Å². The second kappa shape index (κ2) is 31.2. The normalized spacial score (nSPS) is 18.4. The molecule has 0 radical (unpaired) electrons. The van der Waals surface area contributed by atoms with Crippen LogP contribution < -0.4 is 41.9 Å². The minimum absolute atomic E-state index is 0.00803. The summed E-state index contributed by atoms with van der Waals surface area (Å²) in [6.07, 6.45) is 16.4. The van der Waals surface area contributed by atoms with E-state index >= 15 is 0 Å². The lowest BCUT2D eigenvalue weighted by molar-refractivity contribution is -0.128. The zero-order chi connectivity index (χ0) is 74.0. The number of rotatable bonds is 10. The van der Waals surface area contributed by atoms with Crippen LogP contribution in [0.3, 0.4) is 0 Å². The summed E-state index contributed by atoms with van der Waals surface area (Å²) in [5.41, 5.74) is 38.3. The largest absolute Gasteiger partial charge is 0.492 e. The minimum Gasteiger partial charge on any atom is -0.492 e. The smallest absolute Gasteiger partial charge is 0.264 e. The zero-order valence-electron chi connectivity index (χ0n) is 61.1. The molecule has 4 spiro atoms. The van der Waals surface area contributed by atoms with Gasteiger partial charge < -0.3 is 66.5 Å². The van der Waals surface area contributed by atoms with Crippen molar-refractivity contribution in [1.82, 2.24) is 24.6 Å². The van der Waals surface area contributed by atoms with Gasteiger partial charge in [0.05, 0.1) is 46.0 Å². The molecule has 8 aliphatic heterocycles. The molecule has 0 atom stereocenters. The fourth-order valence-electron chi connectivity index (χ4n) is 17.3. The number of piperidine rings is 4. The van der Waals surface area contributed by atoms with Crippen molar-refractivity contribution in [3.63, 3.8) is 0 Å². The number of ether oxygens (including phenoxy) is 4. The number of hydrogen-bond acceptors (Lipinski definition) is 16. The molecule has 9 N–H and O–H groups in total. The predicted octanol–water partition coefficient (Wildman–Crippen LogP) is 13.3. The van der Waals surface area contributed by atoms with Gasteiger partial charge >= 0.3 is 0 Å². The van der Waals surface area contributed by atoms with Crippen LogP contribution in [0.4, 0.5) is 0 Å². The number of carbonyl (C=O) groups is 4. The van der Waals surface area contributed by atoms with E-state index in [1.165, 1.54) is 43.3 Å². The Hall–Kier alpha value is -9.24. The van der Waals surface area contributed by atoms with Gasteiger partial charge in [-0.15, -0.1) is 34.4 Å². The zero-order valence-corrected chi connectivity index (χ0v) is 63.5. The standard InChI is InChI=1S/C23H25N3O2.C23H23N3O2.C21H24N2O2S.C19H22N2O2S2/c1-15-3-2-4-17-18(13-25-21(15)17)22(27)26-9-7-23(8-10-26)14-28-20-6-5-16(12-24)11-19(20)23;24-14-18-6-7-21-20(13-18)23(16-28-21)8-10-26(11-9-23)22(27)19(15-25)12-17-4-2-1-3-5-17;22-12-14-4-5-17-16(10-14)21(13-25-17)6-8-23(9-7-21)20(24)19-11-15-2-1-3-18(15)26-19;1-24-17-5-4-16(25-17)18(22)21-8-6-19(7-9-21)12-23-15-3-2-13(11-20)10-14(15)19/h2-6,11,13,25H,7-10,12,14,24H2,1H3;1-7,12-13H,8-11,14,16,24H2;4-5,10-11H,1-3,6-9,12-13,22H2;2-5,10H,6-9,11-12,20H2,1H3/b;19-12+;;. The number of nitrogens with zero attached hydrogens (tertiary/aromatic N) is 5. The van der Waals surface area contributed by atoms with Crippen LogP contribution in [0, 0.1) is 18.3 Å². The summed E-state index contributed by atoms with van der Waals surface area (Å²) in [5, 5.41) is 10.5. The Morgan fingerprint density at radius 1 is 0.514 bits per heavy atom. The van der Waals surface area contributed by atoms with Gasteiger partial charge in [-0.3, -0.25) is 19.2 Å². The molecule has 0 bridgehead atoms. The van der Waals surface area contributed by atoms with Crippen LogP contribution in [0.25, 0.3) is 17.0 Å². The van der Waals surface area contributed by atoms with Gasteiger partial charge in [0.2, 0.25) is 0 Å². The number of carbonyl (C=O) groups excluding carboxylic acids is 4. The third-order valence-electron chi connectivity index (χ3n) is 24.0. The molecule has 9 aliphatic rings. The number of hydrogen-bond donors (Lipinski definition) is 5. The summed E-state index contributed by atoms with van der Waals surface area (Å²) in [5.74, 6) is 4.18. The van der Waals surface area contributed by atoms with Crippen molar-refractivity contribution in [3.05, 3.63) is 233 Å². The van der Waals surface area contributed by atoms with Gasteiger partial charge in [0.15, 0.2) is 0 Å². The average Bonchev–Trinajstić information content (AvgIpc) is 1.32. The number of fused-ring (bicyclic) bond motifs is 10. The van der Waals surface area contributed by atoms with Crippen LogP contribution in [0.5, 0.6) is 23.0 Å². The van der Waals surface area contributed by atoms with Crippen LogP contribution >= 0.6 is 34.4 Å². The van der Waals surface area contributed by atoms with E-state index in [4.69, 9.17) is 41.9 Å². The lowest BCUT2D eigenvalue weighted by Crippen LogP contribution is -2.46. The van der Waals surface area contributed by atoms with Gasteiger partial charge in [0.25, 0.3) is 23.6 Å². The van der Waals surface area contributed by atoms with Crippen molar-refractivity contribution in [3.8, 4) is 29.1 Å². The minimum atomic E-state index is -0.198. The fourth-order valence-corrected chi connectivity index (χ4v) is 20.1. The van der Waals surface area contributed by atoms with Crippen LogP contribution in [-0.2, 0) is 65.5 Å². The summed E-state index contributed by atoms with van der Waals surface area (Å²) in [4.78, 5) is 66.0. The summed E-state index contributed by atoms with van der Waals surface area (Å²) in [6, 6.07) is 48.8. The molecule has 6 aromatic carbocycles. The van der Waals surface area contributed by atoms with Crippen molar-refractivity contribution >= 4 is 75.0 Å².